The number of alkyl carbamates (subject to hydrolysis) is 1. The lowest BCUT2D eigenvalue weighted by Gasteiger charge is -2.36. The second-order valence-electron chi connectivity index (χ2n) is 11.7. The zero-order valence-electron chi connectivity index (χ0n) is 22.7. The number of hydrogen-bond acceptors (Lipinski definition) is 6. The first-order valence-electron chi connectivity index (χ1n) is 12.3. The van der Waals surface area contributed by atoms with Gasteiger partial charge in [0.2, 0.25) is 17.6 Å². The monoisotopic (exact) mass is 496 g/mol. The molecule has 1 rings (SSSR count). The highest BCUT2D eigenvalue weighted by atomic mass is 16.6. The zero-order valence-corrected chi connectivity index (χ0v) is 22.7. The number of nitrogens with zero attached hydrogens (tertiary/aromatic N) is 1. The minimum Gasteiger partial charge on any atom is -0.446 e. The van der Waals surface area contributed by atoms with Crippen LogP contribution in [-0.4, -0.2) is 65.3 Å². The molecule has 1 saturated heterocycles. The molecule has 0 spiro atoms. The first-order valence-corrected chi connectivity index (χ1v) is 12.3. The van der Waals surface area contributed by atoms with Crippen LogP contribution in [0.25, 0.3) is 0 Å². The average Bonchev–Trinajstić information content (AvgIpc) is 3.05. The van der Waals surface area contributed by atoms with E-state index in [1.807, 2.05) is 55.4 Å². The number of nitrogens with one attached hydrogen (secondary N) is 2. The van der Waals surface area contributed by atoms with Crippen molar-refractivity contribution in [1.29, 1.82) is 0 Å². The number of ether oxygens (including phenoxy) is 1. The first kappa shape index (κ1) is 30.4. The van der Waals surface area contributed by atoms with Crippen molar-refractivity contribution < 1.29 is 28.7 Å². The lowest BCUT2D eigenvalue weighted by atomic mass is 9.85. The number of primary amides is 1. The van der Waals surface area contributed by atoms with E-state index in [-0.39, 0.29) is 30.4 Å². The highest BCUT2D eigenvalue weighted by Crippen LogP contribution is 2.36. The number of hydrogen-bond donors (Lipinski definition) is 3. The highest BCUT2D eigenvalue weighted by molar-refractivity contribution is 6.37. The van der Waals surface area contributed by atoms with Gasteiger partial charge in [-0.05, 0) is 36.5 Å². The molecule has 1 heterocycles. The van der Waals surface area contributed by atoms with Crippen LogP contribution in [0, 0.1) is 16.7 Å². The molecule has 4 N–H and O–H groups in total. The van der Waals surface area contributed by atoms with Gasteiger partial charge in [-0.2, -0.15) is 0 Å². The van der Waals surface area contributed by atoms with E-state index in [1.165, 1.54) is 4.90 Å². The topological polar surface area (TPSA) is 148 Å². The van der Waals surface area contributed by atoms with Crippen molar-refractivity contribution in [1.82, 2.24) is 15.5 Å². The van der Waals surface area contributed by atoms with E-state index in [1.54, 1.807) is 6.92 Å². The Kier molecular flexibility index (Phi) is 10.3. The number of amides is 4. The maximum Gasteiger partial charge on any atom is 0.408 e. The molecule has 0 saturated carbocycles. The molecule has 200 valence electrons. The minimum absolute atomic E-state index is 0.108. The Hall–Kier alpha value is -2.65. The van der Waals surface area contributed by atoms with Crippen LogP contribution in [0.3, 0.4) is 0 Å². The number of nitrogens with two attached hydrogens (primary N) is 1. The summed E-state index contributed by atoms with van der Waals surface area (Å²) in [6, 6.07) is -2.86. The van der Waals surface area contributed by atoms with E-state index >= 15 is 0 Å². The molecule has 4 unspecified atom stereocenters. The summed E-state index contributed by atoms with van der Waals surface area (Å²) in [4.78, 5) is 64.6. The largest absolute Gasteiger partial charge is 0.446 e. The summed E-state index contributed by atoms with van der Waals surface area (Å²) in [5.41, 5.74) is 4.10. The van der Waals surface area contributed by atoms with Crippen molar-refractivity contribution in [3.05, 3.63) is 0 Å². The Bertz CT molecular complexity index is 817. The summed E-state index contributed by atoms with van der Waals surface area (Å²) < 4.78 is 5.41. The van der Waals surface area contributed by atoms with Crippen LogP contribution in [0.5, 0.6) is 0 Å². The number of likely N-dealkylation sites (tertiary alicyclic amines) is 1. The summed E-state index contributed by atoms with van der Waals surface area (Å²) in [6.07, 6.45) is 0.126. The van der Waals surface area contributed by atoms with Crippen molar-refractivity contribution in [2.24, 2.45) is 22.5 Å². The van der Waals surface area contributed by atoms with Gasteiger partial charge in [0, 0.05) is 6.54 Å². The fourth-order valence-corrected chi connectivity index (χ4v) is 4.00. The highest BCUT2D eigenvalue weighted by Gasteiger charge is 2.48. The molecule has 1 aliphatic rings. The van der Waals surface area contributed by atoms with E-state index in [4.69, 9.17) is 10.5 Å². The fourth-order valence-electron chi connectivity index (χ4n) is 4.00. The van der Waals surface area contributed by atoms with Gasteiger partial charge in [-0.3, -0.25) is 19.2 Å². The van der Waals surface area contributed by atoms with Gasteiger partial charge in [0.1, 0.15) is 18.2 Å². The van der Waals surface area contributed by atoms with Crippen LogP contribution in [0.2, 0.25) is 0 Å². The molecule has 4 amide bonds. The lowest BCUT2D eigenvalue weighted by molar-refractivity contribution is -0.143. The van der Waals surface area contributed by atoms with Crippen LogP contribution in [0.4, 0.5) is 4.79 Å². The molecule has 4 atom stereocenters. The molecule has 10 heteroatoms. The number of rotatable bonds is 10. The average molecular weight is 497 g/mol. The maximum atomic E-state index is 13.7. The van der Waals surface area contributed by atoms with Gasteiger partial charge >= 0.3 is 6.09 Å². The van der Waals surface area contributed by atoms with Crippen LogP contribution < -0.4 is 16.4 Å². The zero-order chi connectivity index (χ0) is 27.3. The van der Waals surface area contributed by atoms with Gasteiger partial charge in [-0.1, -0.05) is 61.8 Å². The standard InChI is InChI=1S/C25H44N4O6/c1-10-11-16(18(30)20(26)31)27-21(32)17-12-25(8,9)13-29(17)22(33)19(24(5,6)7)28-23(34)35-15(4)14(2)3/h14-17,19H,10-13H2,1-9H3,(H2,26,31)(H,27,32)(H,28,34). The molecule has 1 aliphatic heterocycles. The molecule has 0 aromatic heterocycles. The van der Waals surface area contributed by atoms with Gasteiger partial charge in [0.05, 0.1) is 6.04 Å². The number of Topliss-reactive ketones (excluding diaryl/α,β-unsaturated/α-hetero) is 1. The van der Waals surface area contributed by atoms with Gasteiger partial charge in [0.15, 0.2) is 0 Å². The van der Waals surface area contributed by atoms with Crippen LogP contribution in [0.1, 0.15) is 81.6 Å². The van der Waals surface area contributed by atoms with Crippen LogP contribution in [0.15, 0.2) is 0 Å². The quantitative estimate of drug-likeness (QED) is 0.395. The minimum atomic E-state index is -1.12. The number of carbonyl (C=O) groups is 5. The summed E-state index contributed by atoms with van der Waals surface area (Å²) in [6.45, 7) is 17.1. The summed E-state index contributed by atoms with van der Waals surface area (Å²) in [7, 11) is 0. The molecule has 0 aliphatic carbocycles. The molecule has 0 radical (unpaired) electrons. The van der Waals surface area contributed by atoms with Crippen LogP contribution >= 0.6 is 0 Å². The Labute approximate surface area is 209 Å². The van der Waals surface area contributed by atoms with Crippen molar-refractivity contribution >= 4 is 29.6 Å². The Morgan fingerprint density at radius 3 is 2.11 bits per heavy atom. The summed E-state index contributed by atoms with van der Waals surface area (Å²) in [5.74, 6) is -2.82. The Balaban J connectivity index is 3.18. The maximum absolute atomic E-state index is 13.7. The van der Waals surface area contributed by atoms with Gasteiger partial charge in [-0.25, -0.2) is 4.79 Å². The molecule has 0 aromatic carbocycles. The number of ketones is 1. The normalized spacial score (nSPS) is 20.1. The Morgan fingerprint density at radius 1 is 1.09 bits per heavy atom. The third-order valence-electron chi connectivity index (χ3n) is 6.37. The second-order valence-corrected chi connectivity index (χ2v) is 11.7. The molecular formula is C25H44N4O6. The molecule has 10 nitrogen and oxygen atoms in total. The lowest BCUT2D eigenvalue weighted by Crippen LogP contribution is -2.59. The van der Waals surface area contributed by atoms with Crippen molar-refractivity contribution in [2.45, 2.75) is 106 Å². The van der Waals surface area contributed by atoms with Crippen molar-refractivity contribution in [2.75, 3.05) is 6.54 Å². The van der Waals surface area contributed by atoms with E-state index in [9.17, 15) is 24.0 Å². The summed E-state index contributed by atoms with van der Waals surface area (Å²) in [5, 5.41) is 5.33. The fraction of sp³-hybridized carbons (Fsp3) is 0.800. The predicted molar refractivity (Wildman–Crippen MR) is 132 cm³/mol. The SMILES string of the molecule is CCCC(NC(=O)C1CC(C)(C)CN1C(=O)C(NC(=O)OC(C)C(C)C)C(C)(C)C)C(=O)C(N)=O. The third kappa shape index (κ3) is 8.50. The third-order valence-corrected chi connectivity index (χ3v) is 6.37. The molecular weight excluding hydrogens is 452 g/mol. The van der Waals surface area contributed by atoms with Gasteiger partial charge < -0.3 is 26.0 Å². The van der Waals surface area contributed by atoms with Crippen molar-refractivity contribution in [3.63, 3.8) is 0 Å². The number of carbonyl (C=O) groups excluding carboxylic acids is 5. The summed E-state index contributed by atoms with van der Waals surface area (Å²) >= 11 is 0. The van der Waals surface area contributed by atoms with E-state index in [0.717, 1.165) is 0 Å². The predicted octanol–water partition coefficient (Wildman–Crippen LogP) is 2.14. The van der Waals surface area contributed by atoms with Gasteiger partial charge in [0.25, 0.3) is 5.91 Å². The van der Waals surface area contributed by atoms with E-state index in [0.29, 0.717) is 12.8 Å². The molecule has 0 bridgehead atoms. The smallest absolute Gasteiger partial charge is 0.408 e. The van der Waals surface area contributed by atoms with Crippen molar-refractivity contribution in [3.8, 4) is 0 Å². The van der Waals surface area contributed by atoms with E-state index < -0.39 is 53.1 Å². The van der Waals surface area contributed by atoms with Gasteiger partial charge in [-0.15, -0.1) is 0 Å². The van der Waals surface area contributed by atoms with E-state index in [2.05, 4.69) is 10.6 Å². The second kappa shape index (κ2) is 11.9. The first-order chi connectivity index (χ1) is 15.9. The Morgan fingerprint density at radius 2 is 1.66 bits per heavy atom. The van der Waals surface area contributed by atoms with Crippen LogP contribution in [-0.2, 0) is 23.9 Å². The molecule has 35 heavy (non-hydrogen) atoms. The molecule has 0 aromatic rings. The molecule has 1 fully saturated rings.